The Kier molecular flexibility index (Phi) is 6.38. The third-order valence-corrected chi connectivity index (χ3v) is 3.98. The molecule has 2 aromatic rings. The molecule has 0 saturated heterocycles. The molecule has 0 saturated carbocycles. The number of hydrogen-bond donors (Lipinski definition) is 2. The maximum absolute atomic E-state index is 12.3. The highest BCUT2D eigenvalue weighted by atomic mass is 35.5. The van der Waals surface area contributed by atoms with Crippen molar-refractivity contribution in [2.75, 3.05) is 5.32 Å². The Morgan fingerprint density at radius 2 is 1.79 bits per heavy atom. The average Bonchev–Trinajstić information content (AvgIpc) is 2.55. The largest absolute Gasteiger partial charge is 0.478 e. The van der Waals surface area contributed by atoms with E-state index in [1.54, 1.807) is 12.1 Å². The topological polar surface area (TPSA) is 66.4 Å². The van der Waals surface area contributed by atoms with Crippen LogP contribution in [0.4, 0.5) is 5.69 Å². The SMILES string of the molecule is CCCCCc1ccc(C(=O)Nc2cc(Cl)ccc2C(=O)O)cc1. The van der Waals surface area contributed by atoms with Crippen LogP contribution >= 0.6 is 11.6 Å². The van der Waals surface area contributed by atoms with Crippen LogP contribution in [-0.4, -0.2) is 17.0 Å². The van der Waals surface area contributed by atoms with E-state index in [9.17, 15) is 14.7 Å². The highest BCUT2D eigenvalue weighted by molar-refractivity contribution is 6.31. The Morgan fingerprint density at radius 3 is 2.42 bits per heavy atom. The third-order valence-electron chi connectivity index (χ3n) is 3.75. The van der Waals surface area contributed by atoms with E-state index in [4.69, 9.17) is 11.6 Å². The number of hydrogen-bond acceptors (Lipinski definition) is 2. The zero-order valence-corrected chi connectivity index (χ0v) is 14.3. The van der Waals surface area contributed by atoms with E-state index in [-0.39, 0.29) is 17.2 Å². The molecule has 126 valence electrons. The van der Waals surface area contributed by atoms with Gasteiger partial charge in [0.15, 0.2) is 0 Å². The molecule has 0 aliphatic rings. The number of carboxylic acids is 1. The van der Waals surface area contributed by atoms with Crippen LogP contribution in [-0.2, 0) is 6.42 Å². The van der Waals surface area contributed by atoms with Crippen molar-refractivity contribution in [1.29, 1.82) is 0 Å². The van der Waals surface area contributed by atoms with Crippen molar-refractivity contribution in [3.8, 4) is 0 Å². The number of benzene rings is 2. The lowest BCUT2D eigenvalue weighted by atomic mass is 10.0. The number of aromatic carboxylic acids is 1. The summed E-state index contributed by atoms with van der Waals surface area (Å²) >= 11 is 5.89. The van der Waals surface area contributed by atoms with Crippen LogP contribution in [0.3, 0.4) is 0 Å². The van der Waals surface area contributed by atoms with E-state index in [2.05, 4.69) is 12.2 Å². The Balaban J connectivity index is 2.10. The monoisotopic (exact) mass is 345 g/mol. The number of carbonyl (C=O) groups is 2. The molecule has 1 amide bonds. The molecule has 0 heterocycles. The lowest BCUT2D eigenvalue weighted by Crippen LogP contribution is -2.14. The fourth-order valence-corrected chi connectivity index (χ4v) is 2.57. The minimum atomic E-state index is -1.12. The molecule has 4 nitrogen and oxygen atoms in total. The zero-order valence-electron chi connectivity index (χ0n) is 13.5. The standard InChI is InChI=1S/C19H20ClNO3/c1-2-3-4-5-13-6-8-14(9-7-13)18(22)21-17-12-15(20)10-11-16(17)19(23)24/h6-12H,2-5H2,1H3,(H,21,22)(H,23,24). The van der Waals surface area contributed by atoms with Crippen LogP contribution in [0, 0.1) is 0 Å². The van der Waals surface area contributed by atoms with Gasteiger partial charge in [-0.1, -0.05) is 43.5 Å². The summed E-state index contributed by atoms with van der Waals surface area (Å²) in [5, 5.41) is 12.2. The van der Waals surface area contributed by atoms with E-state index in [0.29, 0.717) is 10.6 Å². The van der Waals surface area contributed by atoms with Gasteiger partial charge in [0.1, 0.15) is 0 Å². The van der Waals surface area contributed by atoms with Gasteiger partial charge in [-0.3, -0.25) is 4.79 Å². The molecule has 0 aliphatic carbocycles. The Hall–Kier alpha value is -2.33. The Bertz CT molecular complexity index is 726. The summed E-state index contributed by atoms with van der Waals surface area (Å²) in [4.78, 5) is 23.6. The molecule has 2 aromatic carbocycles. The lowest BCUT2D eigenvalue weighted by Gasteiger charge is -2.09. The van der Waals surface area contributed by atoms with Gasteiger partial charge in [0, 0.05) is 10.6 Å². The minimum Gasteiger partial charge on any atom is -0.478 e. The first-order chi connectivity index (χ1) is 11.5. The summed E-state index contributed by atoms with van der Waals surface area (Å²) in [5.41, 5.74) is 1.86. The number of unbranched alkanes of at least 4 members (excludes halogenated alkanes) is 2. The number of amides is 1. The molecule has 5 heteroatoms. The highest BCUT2D eigenvalue weighted by Gasteiger charge is 2.14. The smallest absolute Gasteiger partial charge is 0.337 e. The van der Waals surface area contributed by atoms with Gasteiger partial charge in [0.05, 0.1) is 11.3 Å². The van der Waals surface area contributed by atoms with Crippen molar-refractivity contribution in [3.05, 3.63) is 64.2 Å². The highest BCUT2D eigenvalue weighted by Crippen LogP contribution is 2.22. The summed E-state index contributed by atoms with van der Waals surface area (Å²) in [6.07, 6.45) is 4.49. The number of rotatable bonds is 7. The maximum atomic E-state index is 12.3. The summed E-state index contributed by atoms with van der Waals surface area (Å²) in [5.74, 6) is -1.48. The molecule has 0 atom stereocenters. The number of halogens is 1. The van der Waals surface area contributed by atoms with Crippen LogP contribution < -0.4 is 5.32 Å². The molecular formula is C19H20ClNO3. The van der Waals surface area contributed by atoms with Crippen molar-refractivity contribution in [2.24, 2.45) is 0 Å². The van der Waals surface area contributed by atoms with Crippen LogP contribution in [0.15, 0.2) is 42.5 Å². The van der Waals surface area contributed by atoms with E-state index in [0.717, 1.165) is 12.8 Å². The number of carboxylic acid groups (broad SMARTS) is 1. The van der Waals surface area contributed by atoms with Gasteiger partial charge in [-0.2, -0.15) is 0 Å². The summed E-state index contributed by atoms with van der Waals surface area (Å²) in [6, 6.07) is 11.6. The molecule has 0 radical (unpaired) electrons. The second-order valence-electron chi connectivity index (χ2n) is 5.60. The van der Waals surface area contributed by atoms with E-state index in [1.807, 2.05) is 12.1 Å². The van der Waals surface area contributed by atoms with Crippen molar-refractivity contribution in [2.45, 2.75) is 32.6 Å². The molecule has 0 fully saturated rings. The van der Waals surface area contributed by atoms with Gasteiger partial charge in [0.25, 0.3) is 5.91 Å². The van der Waals surface area contributed by atoms with Gasteiger partial charge in [0.2, 0.25) is 0 Å². The van der Waals surface area contributed by atoms with Crippen molar-refractivity contribution < 1.29 is 14.7 Å². The predicted octanol–water partition coefficient (Wildman–Crippen LogP) is 5.02. The zero-order chi connectivity index (χ0) is 17.5. The molecule has 24 heavy (non-hydrogen) atoms. The van der Waals surface area contributed by atoms with E-state index < -0.39 is 5.97 Å². The van der Waals surface area contributed by atoms with Gasteiger partial charge >= 0.3 is 5.97 Å². The molecule has 0 bridgehead atoms. The van der Waals surface area contributed by atoms with Crippen LogP contribution in [0.1, 0.15) is 52.5 Å². The molecule has 0 spiro atoms. The molecule has 0 unspecified atom stereocenters. The van der Waals surface area contributed by atoms with Crippen molar-refractivity contribution in [3.63, 3.8) is 0 Å². The lowest BCUT2D eigenvalue weighted by molar-refractivity contribution is 0.0698. The molecule has 2 rings (SSSR count). The quantitative estimate of drug-likeness (QED) is 0.692. The van der Waals surface area contributed by atoms with Crippen LogP contribution in [0.5, 0.6) is 0 Å². The number of anilines is 1. The summed E-state index contributed by atoms with van der Waals surface area (Å²) < 4.78 is 0. The number of nitrogens with one attached hydrogen (secondary N) is 1. The minimum absolute atomic E-state index is 0.00364. The van der Waals surface area contributed by atoms with E-state index >= 15 is 0 Å². The summed E-state index contributed by atoms with van der Waals surface area (Å²) in [6.45, 7) is 2.16. The molecule has 2 N–H and O–H groups in total. The second kappa shape index (κ2) is 8.50. The van der Waals surface area contributed by atoms with Gasteiger partial charge in [-0.15, -0.1) is 0 Å². The first-order valence-electron chi connectivity index (χ1n) is 7.94. The van der Waals surface area contributed by atoms with Crippen molar-refractivity contribution >= 4 is 29.2 Å². The fraction of sp³-hybridized carbons (Fsp3) is 0.263. The van der Waals surface area contributed by atoms with Gasteiger partial charge < -0.3 is 10.4 Å². The Labute approximate surface area is 146 Å². The number of aryl methyl sites for hydroxylation is 1. The molecular weight excluding hydrogens is 326 g/mol. The van der Waals surface area contributed by atoms with Crippen LogP contribution in [0.2, 0.25) is 5.02 Å². The Morgan fingerprint density at radius 1 is 1.08 bits per heavy atom. The summed E-state index contributed by atoms with van der Waals surface area (Å²) in [7, 11) is 0. The third kappa shape index (κ3) is 4.83. The number of carbonyl (C=O) groups excluding carboxylic acids is 1. The molecule has 0 aromatic heterocycles. The van der Waals surface area contributed by atoms with Crippen LogP contribution in [0.25, 0.3) is 0 Å². The first-order valence-corrected chi connectivity index (χ1v) is 8.32. The molecule has 0 aliphatic heterocycles. The van der Waals surface area contributed by atoms with Crippen molar-refractivity contribution in [1.82, 2.24) is 0 Å². The average molecular weight is 346 g/mol. The maximum Gasteiger partial charge on any atom is 0.337 e. The predicted molar refractivity (Wildman–Crippen MR) is 96.0 cm³/mol. The first kappa shape index (κ1) is 18.0. The van der Waals surface area contributed by atoms with Gasteiger partial charge in [-0.05, 0) is 48.7 Å². The van der Waals surface area contributed by atoms with Gasteiger partial charge in [-0.25, -0.2) is 4.79 Å². The van der Waals surface area contributed by atoms with E-state index in [1.165, 1.54) is 36.6 Å². The normalized spacial score (nSPS) is 10.4. The fourth-order valence-electron chi connectivity index (χ4n) is 2.40. The second-order valence-corrected chi connectivity index (χ2v) is 6.04.